The maximum absolute atomic E-state index is 14.8. The number of nitrogens with zero attached hydrogens (tertiary/aromatic N) is 6. The van der Waals surface area contributed by atoms with Gasteiger partial charge in [-0.05, 0) is 130 Å². The van der Waals surface area contributed by atoms with E-state index in [1.54, 1.807) is 39.5 Å². The maximum atomic E-state index is 14.8. The highest BCUT2D eigenvalue weighted by molar-refractivity contribution is 7.77. The molecule has 16 nitrogen and oxygen atoms in total. The van der Waals surface area contributed by atoms with Gasteiger partial charge in [-0.3, -0.25) is 34.0 Å². The van der Waals surface area contributed by atoms with Gasteiger partial charge >= 0.3 is 5.97 Å². The van der Waals surface area contributed by atoms with Crippen LogP contribution in [-0.4, -0.2) is 139 Å². The molecule has 0 radical (unpaired) electrons. The number of phenols is 1. The third-order valence-corrected chi connectivity index (χ3v) is 15.7. The second-order valence-corrected chi connectivity index (χ2v) is 24.5. The summed E-state index contributed by atoms with van der Waals surface area (Å²) in [5.74, 6) is -1.92. The molecule has 72 heavy (non-hydrogen) atoms. The van der Waals surface area contributed by atoms with Crippen LogP contribution in [0.2, 0.25) is 0 Å². The van der Waals surface area contributed by atoms with Crippen molar-refractivity contribution in [3.63, 3.8) is 0 Å². The number of aromatic nitrogens is 2. The van der Waals surface area contributed by atoms with E-state index in [1.165, 1.54) is 14.8 Å². The Morgan fingerprint density at radius 2 is 1.81 bits per heavy atom. The quantitative estimate of drug-likeness (QED) is 0.0636. The molecule has 8 rings (SSSR count). The molecule has 17 heteroatoms. The summed E-state index contributed by atoms with van der Waals surface area (Å²) in [4.78, 5) is 78.8. The summed E-state index contributed by atoms with van der Waals surface area (Å²) < 4.78 is 16.3. The van der Waals surface area contributed by atoms with Crippen LogP contribution in [0.15, 0.2) is 54.9 Å². The number of hydrogen-bond donors (Lipinski definition) is 3. The molecular weight excluding hydrogens is 933 g/mol. The zero-order chi connectivity index (χ0) is 52.0. The summed E-state index contributed by atoms with van der Waals surface area (Å²) in [6.45, 7) is 17.6. The molecule has 388 valence electrons. The van der Waals surface area contributed by atoms with Gasteiger partial charge in [0.1, 0.15) is 28.6 Å². The molecule has 3 N–H and O–H groups in total. The molecule has 0 spiro atoms. The van der Waals surface area contributed by atoms with Crippen LogP contribution in [-0.2, 0) is 71.4 Å². The second kappa shape index (κ2) is 21.2. The Bertz CT molecular complexity index is 2710. The molecule has 3 fully saturated rings. The average Bonchev–Trinajstić information content (AvgIpc) is 4.26. The zero-order valence-electron chi connectivity index (χ0n) is 44.0. The molecule has 4 aromatic rings. The number of aryl methyl sites for hydroxylation is 1. The molecule has 1 saturated carbocycles. The fourth-order valence-electron chi connectivity index (χ4n) is 10.8. The van der Waals surface area contributed by atoms with Gasteiger partial charge in [-0.2, -0.15) is 0 Å². The highest BCUT2D eigenvalue weighted by atomic mass is 32.2. The molecular formula is C55H75N8O8S+. The summed E-state index contributed by atoms with van der Waals surface area (Å²) in [5, 5.41) is 16.8. The highest BCUT2D eigenvalue weighted by Gasteiger charge is 2.66. The Balaban J connectivity index is 1.12. The molecule has 1 unspecified atom stereocenters. The van der Waals surface area contributed by atoms with E-state index >= 15 is 0 Å². The molecule has 4 aliphatic rings. The molecule has 4 amide bonds. The number of cyclic esters (lactones) is 1. The van der Waals surface area contributed by atoms with Crippen LogP contribution in [0.4, 0.5) is 0 Å². The van der Waals surface area contributed by atoms with Crippen molar-refractivity contribution in [1.82, 2.24) is 39.4 Å². The first-order chi connectivity index (χ1) is 34.1. The van der Waals surface area contributed by atoms with Crippen molar-refractivity contribution in [3.8, 4) is 28.1 Å². The number of hydrazine groups is 1. The van der Waals surface area contributed by atoms with Gasteiger partial charge in [0.05, 0.1) is 43.4 Å². The van der Waals surface area contributed by atoms with Crippen LogP contribution >= 0.6 is 0 Å². The van der Waals surface area contributed by atoms with Crippen molar-refractivity contribution >= 4 is 52.4 Å². The summed E-state index contributed by atoms with van der Waals surface area (Å²) >= 11 is 1.09. The van der Waals surface area contributed by atoms with Gasteiger partial charge in [0.25, 0.3) is 5.91 Å². The lowest BCUT2D eigenvalue weighted by Crippen LogP contribution is -2.62. The first-order valence-corrected chi connectivity index (χ1v) is 26.4. The van der Waals surface area contributed by atoms with E-state index < -0.39 is 47.2 Å². The van der Waals surface area contributed by atoms with Gasteiger partial charge in [-0.15, -0.1) is 4.31 Å². The van der Waals surface area contributed by atoms with Crippen LogP contribution in [0, 0.1) is 17.3 Å². The summed E-state index contributed by atoms with van der Waals surface area (Å²) in [6, 6.07) is 10.3. The van der Waals surface area contributed by atoms with E-state index in [2.05, 4.69) is 78.3 Å². The number of phenolic OH excluding ortho intramolecular Hbond substituents is 1. The number of thiol groups is 1. The van der Waals surface area contributed by atoms with E-state index in [4.69, 9.17) is 9.47 Å². The Hall–Kier alpha value is -5.49. The number of rotatable bonds is 13. The number of aromatic hydroxyl groups is 1. The van der Waals surface area contributed by atoms with Gasteiger partial charge in [-0.1, -0.05) is 39.8 Å². The van der Waals surface area contributed by atoms with E-state index in [0.717, 1.165) is 63.6 Å². The standard InChI is InChI=1S/C55H74N8O8S/c1-12-61-44-18-17-35-26-39(44)40(48(61)41-28-56-20-19-36(41)30-70-11)27-55(7,8)31-71-53(69)42-14-13-21-62(58-42)51(67)43(24-33-22-37(35)25-38(64)23-33)57-50(66)46(32(2)3)60(10)45(65)29-59(9)52(68)49-47(34-15-16-34)63(49)72-54(4,5)6/h17-20,22-23,25-26,28,32,34,42-43,46-47,49,58,64H,12-16,21,24,27,29-31H2,1-11H3,(H,57,66)/p+1/t42-,43-,46-,47+,49+,63?/m0/s1. The molecule has 2 aromatic heterocycles. The van der Waals surface area contributed by atoms with Crippen molar-refractivity contribution in [2.45, 2.75) is 142 Å². The number of esters is 1. The number of fused-ring (bicyclic) bond motifs is 6. The Kier molecular flexibility index (Phi) is 15.5. The maximum Gasteiger partial charge on any atom is 0.324 e. The smallest absolute Gasteiger partial charge is 0.324 e. The summed E-state index contributed by atoms with van der Waals surface area (Å²) in [5.41, 5.74) is 9.73. The molecule has 2 saturated heterocycles. The lowest BCUT2D eigenvalue weighted by molar-refractivity contribution is -0.155. The van der Waals surface area contributed by atoms with E-state index in [-0.39, 0.29) is 60.5 Å². The van der Waals surface area contributed by atoms with Crippen LogP contribution < -0.4 is 10.7 Å². The number of pyridine rings is 1. The van der Waals surface area contributed by atoms with Crippen molar-refractivity contribution < 1.29 is 38.6 Å². The Labute approximate surface area is 428 Å². The number of methoxy groups -OCH3 is 1. The van der Waals surface area contributed by atoms with Crippen LogP contribution in [0.3, 0.4) is 0 Å². The Morgan fingerprint density at radius 3 is 2.49 bits per heavy atom. The predicted molar refractivity (Wildman–Crippen MR) is 280 cm³/mol. The van der Waals surface area contributed by atoms with Crippen LogP contribution in [0.25, 0.3) is 33.3 Å². The topological polar surface area (TPSA) is 179 Å². The SMILES string of the molecule is CCn1c(-c2cnccc2COC)c2c3cc(ccc31)-c1cc(O)cc(c1)C[C@H](NC(=O)[C@H](C(C)C)N(C)C(=O)CN(C)C(=O)[C@H]1[C@@H](C3CC3)N1[SH+]C(C)(C)C)C(=O)N1CCC[C@H](N1)C(=O)OCC(C)(C)C2. The number of ether oxygens (including phenoxy) is 2. The van der Waals surface area contributed by atoms with Gasteiger partial charge in [0.2, 0.25) is 17.7 Å². The van der Waals surface area contributed by atoms with E-state index in [1.807, 2.05) is 38.2 Å². The minimum absolute atomic E-state index is 0.0126. The number of carbonyl (C=O) groups excluding carboxylic acids is 5. The third-order valence-electron chi connectivity index (χ3n) is 14.4. The van der Waals surface area contributed by atoms with Crippen molar-refractivity contribution in [1.29, 1.82) is 0 Å². The fraction of sp³-hybridized carbons (Fsp3) is 0.564. The predicted octanol–water partition coefficient (Wildman–Crippen LogP) is 5.82. The zero-order valence-corrected chi connectivity index (χ0v) is 44.8. The number of hydrogen-bond acceptors (Lipinski definition) is 11. The van der Waals surface area contributed by atoms with Crippen molar-refractivity contribution in [3.05, 3.63) is 71.5 Å². The summed E-state index contributed by atoms with van der Waals surface area (Å²) in [6.07, 6.45) is 7.32. The highest BCUT2D eigenvalue weighted by Crippen LogP contribution is 2.49. The van der Waals surface area contributed by atoms with Gasteiger partial charge in [0.15, 0.2) is 6.04 Å². The third kappa shape index (κ3) is 11.5. The molecule has 6 atom stereocenters. The largest absolute Gasteiger partial charge is 0.508 e. The average molecular weight is 1010 g/mol. The molecule has 5 heterocycles. The monoisotopic (exact) mass is 1010 g/mol. The van der Waals surface area contributed by atoms with Gasteiger partial charge in [0, 0.05) is 75.0 Å². The van der Waals surface area contributed by atoms with E-state index in [9.17, 15) is 29.1 Å². The number of carbonyl (C=O) groups is 5. The normalized spacial score (nSPS) is 22.8. The molecule has 3 aliphatic heterocycles. The first kappa shape index (κ1) is 52.8. The second-order valence-electron chi connectivity index (χ2n) is 22.5. The van der Waals surface area contributed by atoms with E-state index in [0.29, 0.717) is 49.5 Å². The first-order valence-electron chi connectivity index (χ1n) is 25.6. The fourth-order valence-corrected chi connectivity index (χ4v) is 12.2. The van der Waals surface area contributed by atoms with Crippen molar-refractivity contribution in [2.75, 3.05) is 40.9 Å². The number of nitrogens with one attached hydrogen (secondary N) is 2. The van der Waals surface area contributed by atoms with Gasteiger partial charge < -0.3 is 34.3 Å². The Morgan fingerprint density at radius 1 is 1.06 bits per heavy atom. The van der Waals surface area contributed by atoms with Crippen molar-refractivity contribution in [2.24, 2.45) is 17.3 Å². The lowest BCUT2D eigenvalue weighted by atomic mass is 9.84. The number of likely N-dealkylation sites (N-methyl/N-ethyl adjacent to an activating group) is 2. The number of amides is 4. The minimum Gasteiger partial charge on any atom is -0.508 e. The van der Waals surface area contributed by atoms with Crippen LogP contribution in [0.1, 0.15) is 97.8 Å². The molecule has 2 aromatic carbocycles. The van der Waals surface area contributed by atoms with Gasteiger partial charge in [-0.25, -0.2) is 5.43 Å². The summed E-state index contributed by atoms with van der Waals surface area (Å²) in [7, 11) is 4.88. The molecule has 6 bridgehead atoms. The lowest BCUT2D eigenvalue weighted by Gasteiger charge is -2.37. The minimum atomic E-state index is -1.18. The number of benzene rings is 2. The van der Waals surface area contributed by atoms with Crippen LogP contribution in [0.5, 0.6) is 5.75 Å². The molecule has 1 aliphatic carbocycles.